The molecule has 0 aromatic rings. The van der Waals surface area contributed by atoms with Gasteiger partial charge in [-0.15, -0.1) is 0 Å². The Bertz CT molecular complexity index is 280. The number of hydrogen-bond acceptors (Lipinski definition) is 3. The van der Waals surface area contributed by atoms with Crippen LogP contribution in [0.3, 0.4) is 0 Å². The lowest BCUT2D eigenvalue weighted by Crippen LogP contribution is -2.35. The fraction of sp³-hybridized carbons (Fsp3) is 0.727. The summed E-state index contributed by atoms with van der Waals surface area (Å²) in [4.78, 5) is 11.1. The number of hydrogen-bond donors (Lipinski definition) is 3. The second-order valence-electron chi connectivity index (χ2n) is 4.26. The van der Waals surface area contributed by atoms with Crippen LogP contribution >= 0.6 is 0 Å². The van der Waals surface area contributed by atoms with Crippen LogP contribution < -0.4 is 10.6 Å². The molecule has 3 N–H and O–H groups in total. The van der Waals surface area contributed by atoms with E-state index in [4.69, 9.17) is 5.11 Å². The van der Waals surface area contributed by atoms with E-state index in [-0.39, 0.29) is 0 Å². The standard InChI is InChI=1S/C11H18N2O2/c14-11(15)10-7-13-6-3-9(10)8-1-4-12-5-2-8/h8,12-13H,1-7H2,(H,14,15). The smallest absolute Gasteiger partial charge is 0.332 e. The van der Waals surface area contributed by atoms with E-state index in [9.17, 15) is 4.79 Å². The van der Waals surface area contributed by atoms with Crippen LogP contribution in [0.1, 0.15) is 19.3 Å². The molecule has 0 saturated carbocycles. The van der Waals surface area contributed by atoms with Crippen molar-refractivity contribution in [1.29, 1.82) is 0 Å². The maximum absolute atomic E-state index is 11.1. The third-order valence-corrected chi connectivity index (χ3v) is 3.35. The lowest BCUT2D eigenvalue weighted by Gasteiger charge is -2.29. The van der Waals surface area contributed by atoms with E-state index >= 15 is 0 Å². The van der Waals surface area contributed by atoms with Gasteiger partial charge in [0.2, 0.25) is 0 Å². The molecule has 0 aromatic carbocycles. The van der Waals surface area contributed by atoms with Crippen LogP contribution in [0.5, 0.6) is 0 Å². The summed E-state index contributed by atoms with van der Waals surface area (Å²) in [7, 11) is 0. The molecule has 2 heterocycles. The second kappa shape index (κ2) is 4.77. The van der Waals surface area contributed by atoms with Gasteiger partial charge in [0.1, 0.15) is 0 Å². The largest absolute Gasteiger partial charge is 0.478 e. The van der Waals surface area contributed by atoms with Crippen LogP contribution in [0.4, 0.5) is 0 Å². The van der Waals surface area contributed by atoms with Crippen LogP contribution in [-0.4, -0.2) is 37.3 Å². The van der Waals surface area contributed by atoms with Crippen molar-refractivity contribution in [2.24, 2.45) is 5.92 Å². The molecule has 0 aliphatic carbocycles. The first-order valence-electron chi connectivity index (χ1n) is 5.65. The molecule has 0 bridgehead atoms. The molecule has 0 aromatic heterocycles. The van der Waals surface area contributed by atoms with Crippen molar-refractivity contribution < 1.29 is 9.90 Å². The first-order chi connectivity index (χ1) is 7.29. The number of carboxylic acid groups (broad SMARTS) is 1. The van der Waals surface area contributed by atoms with E-state index in [0.717, 1.165) is 38.9 Å². The summed E-state index contributed by atoms with van der Waals surface area (Å²) in [5.74, 6) is -0.241. The minimum absolute atomic E-state index is 0.499. The maximum Gasteiger partial charge on any atom is 0.332 e. The topological polar surface area (TPSA) is 61.4 Å². The molecule has 4 nitrogen and oxygen atoms in total. The molecule has 2 aliphatic rings. The molecule has 2 aliphatic heterocycles. The highest BCUT2D eigenvalue weighted by Gasteiger charge is 2.25. The number of piperidine rings is 1. The normalized spacial score (nSPS) is 24.3. The fourth-order valence-corrected chi connectivity index (χ4v) is 2.53. The van der Waals surface area contributed by atoms with Crippen molar-refractivity contribution in [2.75, 3.05) is 26.2 Å². The van der Waals surface area contributed by atoms with Crippen LogP contribution in [0.15, 0.2) is 11.1 Å². The van der Waals surface area contributed by atoms with Crippen molar-refractivity contribution in [3.05, 3.63) is 11.1 Å². The summed E-state index contributed by atoms with van der Waals surface area (Å²) in [6.07, 6.45) is 3.09. The summed E-state index contributed by atoms with van der Waals surface area (Å²) in [6.45, 7) is 3.51. The molecular weight excluding hydrogens is 192 g/mol. The number of carboxylic acids is 1. The van der Waals surface area contributed by atoms with Crippen LogP contribution in [-0.2, 0) is 4.79 Å². The SMILES string of the molecule is O=C(O)C1=C(C2CCNCC2)CCNC1. The Morgan fingerprint density at radius 1 is 1.20 bits per heavy atom. The fourth-order valence-electron chi connectivity index (χ4n) is 2.53. The zero-order valence-electron chi connectivity index (χ0n) is 8.88. The average Bonchev–Trinajstić information content (AvgIpc) is 2.30. The lowest BCUT2D eigenvalue weighted by atomic mass is 9.83. The van der Waals surface area contributed by atoms with E-state index in [0.29, 0.717) is 18.0 Å². The maximum atomic E-state index is 11.1. The minimum atomic E-state index is -0.740. The molecule has 0 radical (unpaired) electrons. The predicted molar refractivity (Wildman–Crippen MR) is 57.7 cm³/mol. The van der Waals surface area contributed by atoms with Crippen LogP contribution in [0, 0.1) is 5.92 Å². The molecular formula is C11H18N2O2. The van der Waals surface area contributed by atoms with Gasteiger partial charge in [0.15, 0.2) is 0 Å². The van der Waals surface area contributed by atoms with E-state index in [1.807, 2.05) is 0 Å². The van der Waals surface area contributed by atoms with Crippen molar-refractivity contribution in [3.63, 3.8) is 0 Å². The molecule has 0 atom stereocenters. The molecule has 0 amide bonds. The third kappa shape index (κ3) is 2.38. The summed E-state index contributed by atoms with van der Waals surface area (Å²) in [5, 5.41) is 15.6. The first-order valence-corrected chi connectivity index (χ1v) is 5.65. The zero-order chi connectivity index (χ0) is 10.7. The van der Waals surface area contributed by atoms with Crippen molar-refractivity contribution >= 4 is 5.97 Å². The molecule has 84 valence electrons. The van der Waals surface area contributed by atoms with Crippen molar-refractivity contribution in [3.8, 4) is 0 Å². The highest BCUT2D eigenvalue weighted by atomic mass is 16.4. The lowest BCUT2D eigenvalue weighted by molar-refractivity contribution is -0.132. The number of carbonyl (C=O) groups is 1. The number of nitrogens with one attached hydrogen (secondary N) is 2. The van der Waals surface area contributed by atoms with E-state index in [1.54, 1.807) is 0 Å². The Labute approximate surface area is 89.7 Å². The quantitative estimate of drug-likeness (QED) is 0.616. The molecule has 4 heteroatoms. The van der Waals surface area contributed by atoms with Gasteiger partial charge in [-0.1, -0.05) is 5.57 Å². The van der Waals surface area contributed by atoms with Gasteiger partial charge in [-0.05, 0) is 44.8 Å². The van der Waals surface area contributed by atoms with Gasteiger partial charge in [0.05, 0.1) is 5.57 Å². The van der Waals surface area contributed by atoms with Gasteiger partial charge in [-0.3, -0.25) is 0 Å². The molecule has 1 saturated heterocycles. The molecule has 0 unspecified atom stereocenters. The Morgan fingerprint density at radius 3 is 2.60 bits per heavy atom. The summed E-state index contributed by atoms with van der Waals surface area (Å²) >= 11 is 0. The van der Waals surface area contributed by atoms with Gasteiger partial charge in [0.25, 0.3) is 0 Å². The van der Waals surface area contributed by atoms with Gasteiger partial charge >= 0.3 is 5.97 Å². The monoisotopic (exact) mass is 210 g/mol. The van der Waals surface area contributed by atoms with Gasteiger partial charge in [-0.25, -0.2) is 4.79 Å². The van der Waals surface area contributed by atoms with Gasteiger partial charge in [-0.2, -0.15) is 0 Å². The molecule has 2 rings (SSSR count). The minimum Gasteiger partial charge on any atom is -0.478 e. The highest BCUT2D eigenvalue weighted by molar-refractivity contribution is 5.88. The van der Waals surface area contributed by atoms with Gasteiger partial charge < -0.3 is 15.7 Å². The van der Waals surface area contributed by atoms with E-state index < -0.39 is 5.97 Å². The number of rotatable bonds is 2. The van der Waals surface area contributed by atoms with Crippen molar-refractivity contribution in [2.45, 2.75) is 19.3 Å². The Kier molecular flexibility index (Phi) is 3.38. The zero-order valence-corrected chi connectivity index (χ0v) is 8.88. The molecule has 15 heavy (non-hydrogen) atoms. The molecule has 1 fully saturated rings. The predicted octanol–water partition coefficient (Wildman–Crippen LogP) is 0.360. The third-order valence-electron chi connectivity index (χ3n) is 3.35. The van der Waals surface area contributed by atoms with E-state index in [2.05, 4.69) is 10.6 Å². The summed E-state index contributed by atoms with van der Waals surface area (Å²) in [6, 6.07) is 0. The Hall–Kier alpha value is -0.870. The molecule has 0 spiro atoms. The Balaban J connectivity index is 2.17. The Morgan fingerprint density at radius 2 is 1.93 bits per heavy atom. The second-order valence-corrected chi connectivity index (χ2v) is 4.26. The first kappa shape index (κ1) is 10.6. The van der Waals surface area contributed by atoms with Crippen molar-refractivity contribution in [1.82, 2.24) is 10.6 Å². The van der Waals surface area contributed by atoms with Crippen LogP contribution in [0.2, 0.25) is 0 Å². The summed E-state index contributed by atoms with van der Waals surface area (Å²) < 4.78 is 0. The summed E-state index contributed by atoms with van der Waals surface area (Å²) in [5.41, 5.74) is 1.82. The number of aliphatic carboxylic acids is 1. The average molecular weight is 210 g/mol. The van der Waals surface area contributed by atoms with E-state index in [1.165, 1.54) is 5.57 Å². The highest BCUT2D eigenvalue weighted by Crippen LogP contribution is 2.28. The van der Waals surface area contributed by atoms with Gasteiger partial charge in [0, 0.05) is 6.54 Å². The van der Waals surface area contributed by atoms with Crippen LogP contribution in [0.25, 0.3) is 0 Å².